The molecule has 1 aliphatic rings. The van der Waals surface area contributed by atoms with Gasteiger partial charge in [0.2, 0.25) is 6.10 Å². The van der Waals surface area contributed by atoms with Crippen molar-refractivity contribution < 1.29 is 14.3 Å². The Labute approximate surface area is 129 Å². The summed E-state index contributed by atoms with van der Waals surface area (Å²) in [7, 11) is 0. The lowest BCUT2D eigenvalue weighted by molar-refractivity contribution is -0.128. The molecule has 0 unspecified atom stereocenters. The summed E-state index contributed by atoms with van der Waals surface area (Å²) in [4.78, 5) is 12.4. The highest BCUT2D eigenvalue weighted by atomic mass is 16.6. The average Bonchev–Trinajstić information content (AvgIpc) is 2.54. The number of anilines is 1. The van der Waals surface area contributed by atoms with E-state index in [0.29, 0.717) is 22.7 Å². The first-order chi connectivity index (χ1) is 10.7. The molecule has 1 aliphatic heterocycles. The molecule has 0 bridgehead atoms. The van der Waals surface area contributed by atoms with Crippen molar-refractivity contribution in [2.45, 2.75) is 19.1 Å². The highest BCUT2D eigenvalue weighted by molar-refractivity contribution is 5.95. The van der Waals surface area contributed by atoms with Crippen molar-refractivity contribution in [1.29, 1.82) is 0 Å². The number of para-hydroxylation sites is 2. The van der Waals surface area contributed by atoms with Crippen molar-refractivity contribution in [3.8, 4) is 23.8 Å². The number of terminal acetylenes is 1. The summed E-state index contributed by atoms with van der Waals surface area (Å²) in [5.41, 5.74) is 1.34. The van der Waals surface area contributed by atoms with Gasteiger partial charge in [0.05, 0.1) is 0 Å². The first kappa shape index (κ1) is 14.0. The molecule has 110 valence electrons. The van der Waals surface area contributed by atoms with Gasteiger partial charge in [-0.2, -0.15) is 0 Å². The molecular formula is C18H15NO3. The molecule has 4 heteroatoms. The number of nitrogens with one attached hydrogen (secondary N) is 1. The molecule has 1 N–H and O–H groups in total. The number of amides is 1. The molecule has 1 amide bonds. The molecule has 0 radical (unpaired) electrons. The fourth-order valence-corrected chi connectivity index (χ4v) is 2.31. The van der Waals surface area contributed by atoms with Crippen LogP contribution in [-0.4, -0.2) is 18.1 Å². The lowest BCUT2D eigenvalue weighted by atomic mass is 10.1. The Bertz CT molecular complexity index is 748. The van der Waals surface area contributed by atoms with Crippen molar-refractivity contribution in [2.75, 3.05) is 5.32 Å². The highest BCUT2D eigenvalue weighted by Gasteiger charge is 2.34. The van der Waals surface area contributed by atoms with Crippen LogP contribution in [0.3, 0.4) is 0 Å². The second-order valence-corrected chi connectivity index (χ2v) is 5.02. The van der Waals surface area contributed by atoms with Crippen molar-refractivity contribution >= 4 is 11.6 Å². The molecule has 0 saturated carbocycles. The van der Waals surface area contributed by atoms with E-state index in [2.05, 4.69) is 11.2 Å². The summed E-state index contributed by atoms with van der Waals surface area (Å²) in [6.45, 7) is 1.80. The maximum Gasteiger partial charge on any atom is 0.269 e. The first-order valence-corrected chi connectivity index (χ1v) is 6.97. The van der Waals surface area contributed by atoms with Crippen LogP contribution in [0.1, 0.15) is 12.5 Å². The van der Waals surface area contributed by atoms with Crippen LogP contribution >= 0.6 is 0 Å². The molecule has 0 aliphatic carbocycles. The molecule has 0 aromatic heterocycles. The predicted octanol–water partition coefficient (Wildman–Crippen LogP) is 2.83. The van der Waals surface area contributed by atoms with Gasteiger partial charge in [0.25, 0.3) is 5.91 Å². The molecule has 0 fully saturated rings. The maximum atomic E-state index is 12.4. The second-order valence-electron chi connectivity index (χ2n) is 5.02. The van der Waals surface area contributed by atoms with E-state index in [9.17, 15) is 4.79 Å². The third kappa shape index (κ3) is 2.75. The predicted molar refractivity (Wildman–Crippen MR) is 84.0 cm³/mol. The molecule has 3 rings (SSSR count). The van der Waals surface area contributed by atoms with E-state index in [4.69, 9.17) is 15.9 Å². The van der Waals surface area contributed by atoms with Gasteiger partial charge in [-0.1, -0.05) is 24.1 Å². The Morgan fingerprint density at radius 1 is 1.14 bits per heavy atom. The minimum Gasteiger partial charge on any atom is -0.482 e. The quantitative estimate of drug-likeness (QED) is 0.866. The van der Waals surface area contributed by atoms with Crippen LogP contribution in [0.2, 0.25) is 0 Å². The van der Waals surface area contributed by atoms with Gasteiger partial charge in [0.15, 0.2) is 11.5 Å². The van der Waals surface area contributed by atoms with Gasteiger partial charge in [0.1, 0.15) is 6.10 Å². The van der Waals surface area contributed by atoms with Crippen molar-refractivity contribution in [2.24, 2.45) is 0 Å². The van der Waals surface area contributed by atoms with Crippen LogP contribution in [0.5, 0.6) is 11.5 Å². The topological polar surface area (TPSA) is 47.6 Å². The molecule has 2 aromatic carbocycles. The van der Waals surface area contributed by atoms with Crippen molar-refractivity contribution in [3.05, 3.63) is 54.1 Å². The number of benzene rings is 2. The molecular weight excluding hydrogens is 278 g/mol. The summed E-state index contributed by atoms with van der Waals surface area (Å²) >= 11 is 0. The monoisotopic (exact) mass is 293 g/mol. The van der Waals surface area contributed by atoms with E-state index in [-0.39, 0.29) is 12.0 Å². The van der Waals surface area contributed by atoms with Gasteiger partial charge >= 0.3 is 0 Å². The molecule has 0 saturated heterocycles. The fourth-order valence-electron chi connectivity index (χ4n) is 2.31. The van der Waals surface area contributed by atoms with E-state index >= 15 is 0 Å². The molecule has 1 heterocycles. The van der Waals surface area contributed by atoms with E-state index in [1.165, 1.54) is 0 Å². The van der Waals surface area contributed by atoms with E-state index in [0.717, 1.165) is 0 Å². The second kappa shape index (κ2) is 5.82. The van der Waals surface area contributed by atoms with E-state index in [1.54, 1.807) is 37.3 Å². The number of hydrogen-bond acceptors (Lipinski definition) is 3. The number of fused-ring (bicyclic) bond motifs is 1. The van der Waals surface area contributed by atoms with Crippen LogP contribution in [0, 0.1) is 12.3 Å². The smallest absolute Gasteiger partial charge is 0.269 e. The molecule has 2 aromatic rings. The number of hydrogen-bond donors (Lipinski definition) is 1. The Hall–Kier alpha value is -2.93. The van der Waals surface area contributed by atoms with Gasteiger partial charge < -0.3 is 14.8 Å². The van der Waals surface area contributed by atoms with Crippen molar-refractivity contribution in [3.63, 3.8) is 0 Å². The van der Waals surface area contributed by atoms with Crippen molar-refractivity contribution in [1.82, 2.24) is 0 Å². The van der Waals surface area contributed by atoms with E-state index in [1.807, 2.05) is 18.2 Å². The molecule has 4 nitrogen and oxygen atoms in total. The van der Waals surface area contributed by atoms with Crippen LogP contribution in [0.15, 0.2) is 48.5 Å². The molecule has 2 atom stereocenters. The number of ether oxygens (including phenoxy) is 2. The third-order valence-electron chi connectivity index (χ3n) is 3.40. The SMILES string of the molecule is C#Cc1cccc(NC(=O)[C@H]2Oc3ccccc3O[C@H]2C)c1. The van der Waals surface area contributed by atoms with E-state index < -0.39 is 6.10 Å². The normalized spacial score (nSPS) is 19.1. The Kier molecular flexibility index (Phi) is 3.71. The summed E-state index contributed by atoms with van der Waals surface area (Å²) < 4.78 is 11.5. The van der Waals surface area contributed by atoms with Crippen LogP contribution in [0.25, 0.3) is 0 Å². The lowest BCUT2D eigenvalue weighted by Crippen LogP contribution is -2.46. The summed E-state index contributed by atoms with van der Waals surface area (Å²) in [6.07, 6.45) is 4.26. The number of carbonyl (C=O) groups excluding carboxylic acids is 1. The number of rotatable bonds is 2. The zero-order valence-electron chi connectivity index (χ0n) is 12.1. The fraction of sp³-hybridized carbons (Fsp3) is 0.167. The standard InChI is InChI=1S/C18H15NO3/c1-3-13-7-6-8-14(11-13)19-18(20)17-12(2)21-15-9-4-5-10-16(15)22-17/h1,4-12,17H,2H3,(H,19,20)/t12-,17-/m0/s1. The van der Waals surface area contributed by atoms with Crippen LogP contribution in [-0.2, 0) is 4.79 Å². The highest BCUT2D eigenvalue weighted by Crippen LogP contribution is 2.33. The van der Waals surface area contributed by atoms with Gasteiger partial charge in [-0.15, -0.1) is 6.42 Å². The Morgan fingerprint density at radius 3 is 2.59 bits per heavy atom. The number of carbonyl (C=O) groups is 1. The van der Waals surface area contributed by atoms with Gasteiger partial charge in [0, 0.05) is 11.3 Å². The largest absolute Gasteiger partial charge is 0.482 e. The van der Waals surface area contributed by atoms with Gasteiger partial charge in [-0.05, 0) is 37.3 Å². The Balaban J connectivity index is 1.76. The Morgan fingerprint density at radius 2 is 1.86 bits per heavy atom. The lowest BCUT2D eigenvalue weighted by Gasteiger charge is -2.31. The summed E-state index contributed by atoms with van der Waals surface area (Å²) in [5.74, 6) is 3.48. The van der Waals surface area contributed by atoms with Gasteiger partial charge in [-0.25, -0.2) is 0 Å². The van der Waals surface area contributed by atoms with Crippen LogP contribution < -0.4 is 14.8 Å². The molecule has 0 spiro atoms. The van der Waals surface area contributed by atoms with Gasteiger partial charge in [-0.3, -0.25) is 4.79 Å². The summed E-state index contributed by atoms with van der Waals surface area (Å²) in [5, 5.41) is 2.81. The minimum atomic E-state index is -0.718. The zero-order valence-corrected chi connectivity index (χ0v) is 12.1. The maximum absolute atomic E-state index is 12.4. The first-order valence-electron chi connectivity index (χ1n) is 6.97. The minimum absolute atomic E-state index is 0.267. The zero-order chi connectivity index (χ0) is 15.5. The molecule has 22 heavy (non-hydrogen) atoms. The summed E-state index contributed by atoms with van der Waals surface area (Å²) in [6, 6.07) is 14.4. The van der Waals surface area contributed by atoms with Crippen LogP contribution in [0.4, 0.5) is 5.69 Å². The third-order valence-corrected chi connectivity index (χ3v) is 3.40. The average molecular weight is 293 g/mol.